The number of nitrogens with zero attached hydrogens (tertiary/aromatic N) is 1. The van der Waals surface area contributed by atoms with Crippen LogP contribution in [-0.4, -0.2) is 29.8 Å². The maximum absolute atomic E-state index is 11.2. The van der Waals surface area contributed by atoms with Gasteiger partial charge in [-0.1, -0.05) is 12.2 Å². The van der Waals surface area contributed by atoms with Crippen LogP contribution < -0.4 is 0 Å². The molecule has 0 saturated carbocycles. The molecule has 0 saturated heterocycles. The minimum Gasteiger partial charge on any atom is -0.464 e. The zero-order chi connectivity index (χ0) is 11.3. The van der Waals surface area contributed by atoms with Crippen molar-refractivity contribution in [2.24, 2.45) is 0 Å². The maximum Gasteiger partial charge on any atom is 0.356 e. The van der Waals surface area contributed by atoms with Gasteiger partial charge in [0.1, 0.15) is 0 Å². The molecule has 1 aromatic heterocycles. The van der Waals surface area contributed by atoms with Crippen molar-refractivity contribution >= 4 is 12.0 Å². The largest absolute Gasteiger partial charge is 0.464 e. The topological polar surface area (TPSA) is 59.4 Å². The smallest absolute Gasteiger partial charge is 0.356 e. The number of esters is 1. The first-order valence-corrected chi connectivity index (χ1v) is 4.51. The van der Waals surface area contributed by atoms with Gasteiger partial charge in [0.15, 0.2) is 5.69 Å². The third kappa shape index (κ3) is 2.89. The summed E-state index contributed by atoms with van der Waals surface area (Å²) in [6.07, 6.45) is 4.90. The molecule has 0 radical (unpaired) electrons. The Hall–Kier alpha value is -1.68. The van der Waals surface area contributed by atoms with Gasteiger partial charge in [0.2, 0.25) is 0 Å². The monoisotopic (exact) mass is 207 g/mol. The van der Waals surface area contributed by atoms with E-state index in [2.05, 4.69) is 9.72 Å². The Morgan fingerprint density at radius 3 is 2.93 bits per heavy atom. The summed E-state index contributed by atoms with van der Waals surface area (Å²) in [6.45, 7) is 1.77. The third-order valence-electron chi connectivity index (χ3n) is 1.89. The maximum atomic E-state index is 11.2. The summed E-state index contributed by atoms with van der Waals surface area (Å²) in [6, 6.07) is 1.81. The molecule has 0 aromatic carbocycles. The minimum absolute atomic E-state index is 0.0161. The molecule has 80 valence electrons. The summed E-state index contributed by atoms with van der Waals surface area (Å²) in [5.41, 5.74) is 1.91. The van der Waals surface area contributed by atoms with E-state index in [0.717, 1.165) is 11.1 Å². The zero-order valence-corrected chi connectivity index (χ0v) is 8.73. The lowest BCUT2D eigenvalue weighted by molar-refractivity contribution is 0.0593. The van der Waals surface area contributed by atoms with Crippen LogP contribution in [0.25, 0.3) is 6.08 Å². The molecule has 1 rings (SSSR count). The van der Waals surface area contributed by atoms with Crippen molar-refractivity contribution in [2.75, 3.05) is 13.7 Å². The minimum atomic E-state index is -0.440. The van der Waals surface area contributed by atoms with E-state index in [9.17, 15) is 4.79 Å². The number of methoxy groups -OCH3 is 1. The number of pyridine rings is 1. The Kier molecular flexibility index (Phi) is 4.00. The molecule has 0 unspecified atom stereocenters. The lowest BCUT2D eigenvalue weighted by Gasteiger charge is -2.03. The van der Waals surface area contributed by atoms with Crippen LogP contribution >= 0.6 is 0 Å². The van der Waals surface area contributed by atoms with Gasteiger partial charge < -0.3 is 9.84 Å². The highest BCUT2D eigenvalue weighted by Gasteiger charge is 2.10. The quantitative estimate of drug-likeness (QED) is 0.756. The summed E-state index contributed by atoms with van der Waals surface area (Å²) in [4.78, 5) is 15.2. The van der Waals surface area contributed by atoms with E-state index in [1.165, 1.54) is 7.11 Å². The fraction of sp³-hybridized carbons (Fsp3) is 0.273. The zero-order valence-electron chi connectivity index (χ0n) is 8.73. The first-order valence-electron chi connectivity index (χ1n) is 4.51. The van der Waals surface area contributed by atoms with Gasteiger partial charge in [0.05, 0.1) is 13.7 Å². The second-order valence-corrected chi connectivity index (χ2v) is 3.01. The van der Waals surface area contributed by atoms with Crippen molar-refractivity contribution in [2.45, 2.75) is 6.92 Å². The molecule has 0 fully saturated rings. The highest BCUT2D eigenvalue weighted by molar-refractivity contribution is 5.88. The number of aryl methyl sites for hydroxylation is 1. The Bertz CT molecular complexity index is 385. The second-order valence-electron chi connectivity index (χ2n) is 3.01. The SMILES string of the molecule is COC(=O)c1ncc(C=CCO)cc1C. The Morgan fingerprint density at radius 1 is 1.67 bits per heavy atom. The molecular weight excluding hydrogens is 194 g/mol. The first-order chi connectivity index (χ1) is 7.19. The molecule has 0 aliphatic carbocycles. The van der Waals surface area contributed by atoms with Crippen LogP contribution in [0.15, 0.2) is 18.3 Å². The average molecular weight is 207 g/mol. The summed E-state index contributed by atoms with van der Waals surface area (Å²) in [5, 5.41) is 8.60. The lowest BCUT2D eigenvalue weighted by Crippen LogP contribution is -2.06. The van der Waals surface area contributed by atoms with E-state index in [0.29, 0.717) is 5.69 Å². The van der Waals surface area contributed by atoms with Crippen LogP contribution in [0, 0.1) is 6.92 Å². The van der Waals surface area contributed by atoms with Crippen molar-refractivity contribution in [1.29, 1.82) is 0 Å². The van der Waals surface area contributed by atoms with Gasteiger partial charge >= 0.3 is 5.97 Å². The number of ether oxygens (including phenoxy) is 1. The number of aliphatic hydroxyl groups is 1. The van der Waals surface area contributed by atoms with Gasteiger partial charge in [-0.05, 0) is 24.1 Å². The van der Waals surface area contributed by atoms with Crippen molar-refractivity contribution in [1.82, 2.24) is 4.98 Å². The van der Waals surface area contributed by atoms with Gasteiger partial charge in [-0.2, -0.15) is 0 Å². The summed E-state index contributed by atoms with van der Waals surface area (Å²) in [5.74, 6) is -0.440. The number of carbonyl (C=O) groups is 1. The normalized spacial score (nSPS) is 10.6. The lowest BCUT2D eigenvalue weighted by atomic mass is 10.1. The predicted molar refractivity (Wildman–Crippen MR) is 56.4 cm³/mol. The van der Waals surface area contributed by atoms with E-state index in [1.54, 1.807) is 25.3 Å². The molecule has 1 N–H and O–H groups in total. The van der Waals surface area contributed by atoms with Crippen LogP contribution in [0.2, 0.25) is 0 Å². The molecule has 0 spiro atoms. The van der Waals surface area contributed by atoms with Crippen molar-refractivity contribution in [3.05, 3.63) is 35.2 Å². The van der Waals surface area contributed by atoms with Crippen LogP contribution in [0.4, 0.5) is 0 Å². The number of aliphatic hydroxyl groups excluding tert-OH is 1. The van der Waals surface area contributed by atoms with Crippen LogP contribution in [0.5, 0.6) is 0 Å². The molecule has 0 aliphatic heterocycles. The molecule has 0 bridgehead atoms. The number of aromatic nitrogens is 1. The molecule has 15 heavy (non-hydrogen) atoms. The van der Waals surface area contributed by atoms with Gasteiger partial charge in [0.25, 0.3) is 0 Å². The van der Waals surface area contributed by atoms with E-state index in [-0.39, 0.29) is 6.61 Å². The van der Waals surface area contributed by atoms with Crippen molar-refractivity contribution in [3.8, 4) is 0 Å². The highest BCUT2D eigenvalue weighted by atomic mass is 16.5. The summed E-state index contributed by atoms with van der Waals surface area (Å²) >= 11 is 0. The van der Waals surface area contributed by atoms with Crippen molar-refractivity contribution < 1.29 is 14.6 Å². The molecule has 1 heterocycles. The van der Waals surface area contributed by atoms with E-state index < -0.39 is 5.97 Å². The fourth-order valence-corrected chi connectivity index (χ4v) is 1.19. The molecule has 0 amide bonds. The fourth-order valence-electron chi connectivity index (χ4n) is 1.19. The molecular formula is C11H13NO3. The predicted octanol–water partition coefficient (Wildman–Crippen LogP) is 1.18. The van der Waals surface area contributed by atoms with Crippen LogP contribution in [-0.2, 0) is 4.74 Å². The Labute approximate surface area is 88.2 Å². The van der Waals surface area contributed by atoms with E-state index in [4.69, 9.17) is 5.11 Å². The number of hydrogen-bond donors (Lipinski definition) is 1. The average Bonchev–Trinajstić information content (AvgIpc) is 2.25. The molecule has 1 aromatic rings. The molecule has 4 nitrogen and oxygen atoms in total. The highest BCUT2D eigenvalue weighted by Crippen LogP contribution is 2.10. The van der Waals surface area contributed by atoms with Gasteiger partial charge in [-0.15, -0.1) is 0 Å². The second kappa shape index (κ2) is 5.26. The number of carbonyl (C=O) groups excluding carboxylic acids is 1. The first kappa shape index (κ1) is 11.4. The molecule has 4 heteroatoms. The van der Waals surface area contributed by atoms with Crippen molar-refractivity contribution in [3.63, 3.8) is 0 Å². The Morgan fingerprint density at radius 2 is 2.40 bits per heavy atom. The van der Waals surface area contributed by atoms with Gasteiger partial charge in [-0.25, -0.2) is 9.78 Å². The van der Waals surface area contributed by atoms with E-state index >= 15 is 0 Å². The molecule has 0 atom stereocenters. The number of hydrogen-bond acceptors (Lipinski definition) is 4. The van der Waals surface area contributed by atoms with Gasteiger partial charge in [-0.3, -0.25) is 0 Å². The Balaban J connectivity index is 2.98. The summed E-state index contributed by atoms with van der Waals surface area (Å²) < 4.78 is 4.58. The number of rotatable bonds is 3. The standard InChI is InChI=1S/C11H13NO3/c1-8-6-9(4-3-5-13)7-12-10(8)11(14)15-2/h3-4,6-7,13H,5H2,1-2H3. The summed E-state index contributed by atoms with van der Waals surface area (Å²) in [7, 11) is 1.32. The van der Waals surface area contributed by atoms with Crippen LogP contribution in [0.3, 0.4) is 0 Å². The van der Waals surface area contributed by atoms with E-state index in [1.807, 2.05) is 6.07 Å². The van der Waals surface area contributed by atoms with Crippen LogP contribution in [0.1, 0.15) is 21.6 Å². The third-order valence-corrected chi connectivity index (χ3v) is 1.89. The van der Waals surface area contributed by atoms with Gasteiger partial charge in [0, 0.05) is 6.20 Å². The molecule has 0 aliphatic rings.